The van der Waals surface area contributed by atoms with Crippen molar-refractivity contribution < 1.29 is 9.47 Å². The third kappa shape index (κ3) is 5.60. The van der Waals surface area contributed by atoms with Crippen LogP contribution in [0.15, 0.2) is 78.9 Å². The minimum atomic E-state index is -0.0173. The molecule has 3 aromatic carbocycles. The fourth-order valence-corrected chi connectivity index (χ4v) is 2.83. The van der Waals surface area contributed by atoms with Crippen LogP contribution in [0.25, 0.3) is 0 Å². The molecule has 0 heterocycles. The van der Waals surface area contributed by atoms with Gasteiger partial charge in [0.05, 0.1) is 0 Å². The Morgan fingerprint density at radius 1 is 0.704 bits per heavy atom. The third-order valence-electron chi connectivity index (χ3n) is 4.39. The van der Waals surface area contributed by atoms with Crippen molar-refractivity contribution in [3.63, 3.8) is 0 Å². The van der Waals surface area contributed by atoms with Crippen LogP contribution in [-0.2, 0) is 0 Å². The molecule has 2 N–H and O–H groups in total. The standard InChI is InChI=1S/C24H27NO2/c1-18(2)13-15-22(25)19-14-16-23(26-20-9-5-3-6-10-20)24(17-19)27-21-11-7-4-8-12-21/h3-12,14,16-18,22H,13,15,25H2,1-2H3/t22-/m0/s1. The van der Waals surface area contributed by atoms with Gasteiger partial charge in [0, 0.05) is 6.04 Å². The Bertz CT molecular complexity index is 832. The Morgan fingerprint density at radius 3 is 1.81 bits per heavy atom. The molecule has 0 fully saturated rings. The number of hydrogen-bond donors (Lipinski definition) is 1. The van der Waals surface area contributed by atoms with E-state index in [9.17, 15) is 0 Å². The molecule has 140 valence electrons. The lowest BCUT2D eigenvalue weighted by atomic mass is 9.98. The third-order valence-corrected chi connectivity index (χ3v) is 4.39. The smallest absolute Gasteiger partial charge is 0.170 e. The number of hydrogen-bond acceptors (Lipinski definition) is 3. The van der Waals surface area contributed by atoms with Gasteiger partial charge in [-0.1, -0.05) is 56.3 Å². The number of rotatable bonds is 8. The van der Waals surface area contributed by atoms with Crippen molar-refractivity contribution in [2.24, 2.45) is 11.7 Å². The molecule has 0 saturated heterocycles. The molecule has 27 heavy (non-hydrogen) atoms. The molecule has 0 unspecified atom stereocenters. The van der Waals surface area contributed by atoms with Gasteiger partial charge in [-0.3, -0.25) is 0 Å². The number of para-hydroxylation sites is 2. The van der Waals surface area contributed by atoms with E-state index in [4.69, 9.17) is 15.2 Å². The number of ether oxygens (including phenoxy) is 2. The fourth-order valence-electron chi connectivity index (χ4n) is 2.83. The van der Waals surface area contributed by atoms with Crippen molar-refractivity contribution in [3.05, 3.63) is 84.4 Å². The first kappa shape index (κ1) is 19.0. The zero-order valence-corrected chi connectivity index (χ0v) is 16.0. The van der Waals surface area contributed by atoms with Crippen molar-refractivity contribution in [1.82, 2.24) is 0 Å². The lowest BCUT2D eigenvalue weighted by molar-refractivity contribution is 0.417. The molecule has 1 atom stereocenters. The molecule has 3 nitrogen and oxygen atoms in total. The van der Waals surface area contributed by atoms with Crippen molar-refractivity contribution in [1.29, 1.82) is 0 Å². The van der Waals surface area contributed by atoms with E-state index in [2.05, 4.69) is 13.8 Å². The predicted octanol–water partition coefficient (Wildman–Crippen LogP) is 6.71. The maximum absolute atomic E-state index is 6.41. The molecule has 0 spiro atoms. The molecule has 3 heteroatoms. The summed E-state index contributed by atoms with van der Waals surface area (Å²) in [6.07, 6.45) is 2.04. The van der Waals surface area contributed by atoms with Gasteiger partial charge in [0.25, 0.3) is 0 Å². The second-order valence-electron chi connectivity index (χ2n) is 7.11. The molecular formula is C24H27NO2. The molecule has 3 rings (SSSR count). The summed E-state index contributed by atoms with van der Waals surface area (Å²) in [5.41, 5.74) is 7.47. The van der Waals surface area contributed by atoms with Crippen LogP contribution in [0.2, 0.25) is 0 Å². The number of benzene rings is 3. The summed E-state index contributed by atoms with van der Waals surface area (Å²) in [5, 5.41) is 0. The van der Waals surface area contributed by atoms with Gasteiger partial charge >= 0.3 is 0 Å². The van der Waals surface area contributed by atoms with Crippen LogP contribution in [0, 0.1) is 5.92 Å². The summed E-state index contributed by atoms with van der Waals surface area (Å²) in [6.45, 7) is 4.43. The van der Waals surface area contributed by atoms with Gasteiger partial charge in [-0.25, -0.2) is 0 Å². The van der Waals surface area contributed by atoms with E-state index in [1.165, 1.54) is 0 Å². The Labute approximate surface area is 161 Å². The van der Waals surface area contributed by atoms with Crippen molar-refractivity contribution in [2.45, 2.75) is 32.7 Å². The quantitative estimate of drug-likeness (QED) is 0.485. The second kappa shape index (κ2) is 9.24. The Hall–Kier alpha value is -2.78. The van der Waals surface area contributed by atoms with Gasteiger partial charge in [-0.05, 0) is 60.7 Å². The minimum absolute atomic E-state index is 0.0173. The normalized spacial score (nSPS) is 12.0. The van der Waals surface area contributed by atoms with Crippen molar-refractivity contribution in [3.8, 4) is 23.0 Å². The Kier molecular flexibility index (Phi) is 6.50. The topological polar surface area (TPSA) is 44.5 Å². The zero-order valence-electron chi connectivity index (χ0n) is 16.0. The second-order valence-corrected chi connectivity index (χ2v) is 7.11. The highest BCUT2D eigenvalue weighted by Gasteiger charge is 2.14. The molecule has 0 amide bonds. The summed E-state index contributed by atoms with van der Waals surface area (Å²) in [4.78, 5) is 0. The summed E-state index contributed by atoms with van der Waals surface area (Å²) in [6, 6.07) is 25.4. The Balaban J connectivity index is 1.87. The van der Waals surface area contributed by atoms with Crippen molar-refractivity contribution >= 4 is 0 Å². The van der Waals surface area contributed by atoms with Gasteiger partial charge in [0.2, 0.25) is 0 Å². The highest BCUT2D eigenvalue weighted by molar-refractivity contribution is 5.48. The molecule has 0 radical (unpaired) electrons. The van der Waals surface area contributed by atoms with Crippen LogP contribution < -0.4 is 15.2 Å². The monoisotopic (exact) mass is 361 g/mol. The van der Waals surface area contributed by atoms with Crippen LogP contribution in [0.3, 0.4) is 0 Å². The SMILES string of the molecule is CC(C)CC[C@H](N)c1ccc(Oc2ccccc2)c(Oc2ccccc2)c1. The number of nitrogens with two attached hydrogens (primary N) is 1. The Morgan fingerprint density at radius 2 is 1.26 bits per heavy atom. The summed E-state index contributed by atoms with van der Waals surface area (Å²) >= 11 is 0. The first-order valence-corrected chi connectivity index (χ1v) is 9.47. The maximum atomic E-state index is 6.41. The van der Waals surface area contributed by atoms with E-state index < -0.39 is 0 Å². The first-order valence-electron chi connectivity index (χ1n) is 9.47. The average Bonchev–Trinajstić information content (AvgIpc) is 2.69. The molecular weight excluding hydrogens is 334 g/mol. The fraction of sp³-hybridized carbons (Fsp3) is 0.250. The zero-order chi connectivity index (χ0) is 19.1. The molecule has 0 aliphatic rings. The van der Waals surface area contributed by atoms with E-state index >= 15 is 0 Å². The lowest BCUT2D eigenvalue weighted by Crippen LogP contribution is -2.11. The summed E-state index contributed by atoms with van der Waals surface area (Å²) < 4.78 is 12.2. The average molecular weight is 361 g/mol. The molecule has 0 aromatic heterocycles. The highest BCUT2D eigenvalue weighted by Crippen LogP contribution is 2.37. The van der Waals surface area contributed by atoms with Gasteiger partial charge < -0.3 is 15.2 Å². The predicted molar refractivity (Wildman–Crippen MR) is 110 cm³/mol. The summed E-state index contributed by atoms with van der Waals surface area (Å²) in [7, 11) is 0. The van der Waals surface area contributed by atoms with Crippen LogP contribution in [-0.4, -0.2) is 0 Å². The van der Waals surface area contributed by atoms with Gasteiger partial charge in [-0.15, -0.1) is 0 Å². The van der Waals surface area contributed by atoms with E-state index in [1.807, 2.05) is 78.9 Å². The molecule has 0 aliphatic heterocycles. The lowest BCUT2D eigenvalue weighted by Gasteiger charge is -2.17. The van der Waals surface area contributed by atoms with E-state index in [0.717, 1.165) is 29.9 Å². The minimum Gasteiger partial charge on any atom is -0.453 e. The van der Waals surface area contributed by atoms with E-state index in [1.54, 1.807) is 0 Å². The molecule has 3 aromatic rings. The van der Waals surface area contributed by atoms with Crippen LogP contribution in [0.5, 0.6) is 23.0 Å². The van der Waals surface area contributed by atoms with E-state index in [-0.39, 0.29) is 6.04 Å². The largest absolute Gasteiger partial charge is 0.453 e. The first-order chi connectivity index (χ1) is 13.1. The highest BCUT2D eigenvalue weighted by atomic mass is 16.5. The van der Waals surface area contributed by atoms with Gasteiger partial charge in [0.15, 0.2) is 11.5 Å². The molecule has 0 aliphatic carbocycles. The van der Waals surface area contributed by atoms with Crippen LogP contribution >= 0.6 is 0 Å². The van der Waals surface area contributed by atoms with Crippen molar-refractivity contribution in [2.75, 3.05) is 0 Å². The molecule has 0 bridgehead atoms. The van der Waals surface area contributed by atoms with Gasteiger partial charge in [0.1, 0.15) is 11.5 Å². The maximum Gasteiger partial charge on any atom is 0.170 e. The van der Waals surface area contributed by atoms with Gasteiger partial charge in [-0.2, -0.15) is 0 Å². The van der Waals surface area contributed by atoms with E-state index in [0.29, 0.717) is 17.4 Å². The van der Waals surface area contributed by atoms with Crippen LogP contribution in [0.4, 0.5) is 0 Å². The molecule has 0 saturated carbocycles. The van der Waals surface area contributed by atoms with Crippen LogP contribution in [0.1, 0.15) is 38.3 Å². The summed E-state index contributed by atoms with van der Waals surface area (Å²) in [5.74, 6) is 3.51.